The van der Waals surface area contributed by atoms with Crippen molar-refractivity contribution in [2.45, 2.75) is 39.3 Å². The SMILES string of the molecule is COC1CN([C@@H](C)C[C@H]2[C@@H](C)[C@@H]2C(=O)Nc2cc3cc(-c4cnccc4C)nc(N)c3cn2)C1. The van der Waals surface area contributed by atoms with E-state index in [0.717, 1.165) is 47.1 Å². The molecule has 0 unspecified atom stereocenters. The molecule has 1 aliphatic carbocycles. The number of carbonyl (C=O) groups excluding carboxylic acids is 1. The summed E-state index contributed by atoms with van der Waals surface area (Å²) in [5.74, 6) is 1.79. The van der Waals surface area contributed by atoms with Crippen LogP contribution in [-0.4, -0.2) is 58.1 Å². The highest BCUT2D eigenvalue weighted by atomic mass is 16.5. The zero-order chi connectivity index (χ0) is 24.0. The Morgan fingerprint density at radius 3 is 2.85 bits per heavy atom. The van der Waals surface area contributed by atoms with Crippen molar-refractivity contribution in [3.63, 3.8) is 0 Å². The van der Waals surface area contributed by atoms with Crippen molar-refractivity contribution in [1.82, 2.24) is 19.9 Å². The van der Waals surface area contributed by atoms with E-state index in [1.165, 1.54) is 0 Å². The number of aromatic nitrogens is 3. The molecule has 4 atom stereocenters. The van der Waals surface area contributed by atoms with Crippen LogP contribution >= 0.6 is 0 Å². The van der Waals surface area contributed by atoms with E-state index in [1.54, 1.807) is 25.7 Å². The Morgan fingerprint density at radius 2 is 2.12 bits per heavy atom. The number of fused-ring (bicyclic) bond motifs is 1. The molecule has 2 fully saturated rings. The van der Waals surface area contributed by atoms with Crippen LogP contribution in [0.25, 0.3) is 22.0 Å². The molecule has 1 amide bonds. The molecule has 3 aromatic rings. The van der Waals surface area contributed by atoms with Gasteiger partial charge in [-0.3, -0.25) is 14.7 Å². The Labute approximate surface area is 199 Å². The number of hydrogen-bond acceptors (Lipinski definition) is 7. The van der Waals surface area contributed by atoms with Crippen molar-refractivity contribution in [3.05, 3.63) is 42.4 Å². The number of pyridine rings is 3. The predicted octanol–water partition coefficient (Wildman–Crippen LogP) is 3.51. The minimum Gasteiger partial charge on any atom is -0.383 e. The maximum atomic E-state index is 13.0. The van der Waals surface area contributed by atoms with Crippen LogP contribution in [0.2, 0.25) is 0 Å². The van der Waals surface area contributed by atoms with E-state index in [4.69, 9.17) is 10.5 Å². The largest absolute Gasteiger partial charge is 0.383 e. The third-order valence-electron chi connectivity index (χ3n) is 7.62. The molecule has 0 spiro atoms. The summed E-state index contributed by atoms with van der Waals surface area (Å²) >= 11 is 0. The van der Waals surface area contributed by atoms with Gasteiger partial charge >= 0.3 is 0 Å². The van der Waals surface area contributed by atoms with Gasteiger partial charge < -0.3 is 15.8 Å². The van der Waals surface area contributed by atoms with Crippen LogP contribution in [0.15, 0.2) is 36.8 Å². The zero-order valence-electron chi connectivity index (χ0n) is 20.2. The Balaban J connectivity index is 1.28. The maximum Gasteiger partial charge on any atom is 0.229 e. The van der Waals surface area contributed by atoms with Crippen LogP contribution in [0.5, 0.6) is 0 Å². The fourth-order valence-corrected chi connectivity index (χ4v) is 5.18. The van der Waals surface area contributed by atoms with E-state index in [1.807, 2.05) is 25.1 Å². The minimum absolute atomic E-state index is 0.0237. The summed E-state index contributed by atoms with van der Waals surface area (Å²) in [6, 6.07) is 6.25. The van der Waals surface area contributed by atoms with E-state index in [0.29, 0.717) is 35.6 Å². The van der Waals surface area contributed by atoms with E-state index >= 15 is 0 Å². The second-order valence-electron chi connectivity index (χ2n) is 9.81. The van der Waals surface area contributed by atoms with Gasteiger partial charge in [-0.15, -0.1) is 0 Å². The molecule has 0 bridgehead atoms. The fraction of sp³-hybridized carbons (Fsp3) is 0.462. The number of carbonyl (C=O) groups is 1. The number of ether oxygens (including phenoxy) is 1. The van der Waals surface area contributed by atoms with E-state index in [2.05, 4.69) is 39.0 Å². The first-order valence-corrected chi connectivity index (χ1v) is 11.9. The van der Waals surface area contributed by atoms with Gasteiger partial charge in [0, 0.05) is 61.7 Å². The number of nitrogen functional groups attached to an aromatic ring is 1. The Kier molecular flexibility index (Phi) is 5.95. The number of rotatable bonds is 7. The van der Waals surface area contributed by atoms with Crippen LogP contribution < -0.4 is 11.1 Å². The van der Waals surface area contributed by atoms with Crippen LogP contribution in [0.4, 0.5) is 11.6 Å². The fourth-order valence-electron chi connectivity index (χ4n) is 5.18. The molecule has 8 nitrogen and oxygen atoms in total. The summed E-state index contributed by atoms with van der Waals surface area (Å²) in [4.78, 5) is 28.7. The third-order valence-corrected chi connectivity index (χ3v) is 7.62. The highest BCUT2D eigenvalue weighted by Crippen LogP contribution is 2.50. The first-order valence-electron chi connectivity index (χ1n) is 11.9. The van der Waals surface area contributed by atoms with Gasteiger partial charge in [-0.25, -0.2) is 9.97 Å². The van der Waals surface area contributed by atoms with Crippen molar-refractivity contribution in [1.29, 1.82) is 0 Å². The smallest absolute Gasteiger partial charge is 0.229 e. The number of anilines is 2. The molecule has 178 valence electrons. The van der Waals surface area contributed by atoms with E-state index < -0.39 is 0 Å². The highest BCUT2D eigenvalue weighted by Gasteiger charge is 2.52. The molecule has 0 aromatic carbocycles. The number of methoxy groups -OCH3 is 1. The first kappa shape index (κ1) is 22.7. The summed E-state index contributed by atoms with van der Waals surface area (Å²) in [7, 11) is 1.77. The number of nitrogens with zero attached hydrogens (tertiary/aromatic N) is 4. The van der Waals surface area contributed by atoms with Crippen LogP contribution in [0.1, 0.15) is 25.8 Å². The lowest BCUT2D eigenvalue weighted by Crippen LogP contribution is -2.55. The van der Waals surface area contributed by atoms with E-state index in [9.17, 15) is 4.79 Å². The van der Waals surface area contributed by atoms with Gasteiger partial charge in [0.05, 0.1) is 11.8 Å². The Hall–Kier alpha value is -3.10. The Bertz CT molecular complexity index is 1230. The van der Waals surface area contributed by atoms with Gasteiger partial charge in [-0.2, -0.15) is 0 Å². The molecule has 1 saturated heterocycles. The molecule has 4 heterocycles. The number of amides is 1. The number of nitrogens with two attached hydrogens (primary N) is 1. The predicted molar refractivity (Wildman–Crippen MR) is 133 cm³/mol. The minimum atomic E-state index is 0.0237. The van der Waals surface area contributed by atoms with Crippen LogP contribution in [0.3, 0.4) is 0 Å². The molecular weight excluding hydrogens is 428 g/mol. The molecule has 34 heavy (non-hydrogen) atoms. The van der Waals surface area contributed by atoms with Crippen molar-refractivity contribution in [2.75, 3.05) is 31.2 Å². The molecule has 2 aliphatic rings. The number of nitrogens with one attached hydrogen (secondary N) is 1. The third kappa shape index (κ3) is 4.23. The average Bonchev–Trinajstić information content (AvgIpc) is 3.41. The lowest BCUT2D eigenvalue weighted by Gasteiger charge is -2.42. The summed E-state index contributed by atoms with van der Waals surface area (Å²) < 4.78 is 5.38. The topological polar surface area (TPSA) is 106 Å². The van der Waals surface area contributed by atoms with Gasteiger partial charge in [0.25, 0.3) is 0 Å². The summed E-state index contributed by atoms with van der Waals surface area (Å²) in [5.41, 5.74) is 8.98. The van der Waals surface area contributed by atoms with Gasteiger partial charge in [-0.05, 0) is 61.3 Å². The van der Waals surface area contributed by atoms with Crippen LogP contribution in [-0.2, 0) is 9.53 Å². The van der Waals surface area contributed by atoms with Crippen molar-refractivity contribution in [3.8, 4) is 11.3 Å². The quantitative estimate of drug-likeness (QED) is 0.556. The molecular formula is C26H32N6O2. The van der Waals surface area contributed by atoms with Crippen molar-refractivity contribution < 1.29 is 9.53 Å². The number of aryl methyl sites for hydroxylation is 1. The molecule has 0 radical (unpaired) electrons. The average molecular weight is 461 g/mol. The van der Waals surface area contributed by atoms with E-state index in [-0.39, 0.29) is 11.8 Å². The highest BCUT2D eigenvalue weighted by molar-refractivity contribution is 5.98. The number of hydrogen-bond donors (Lipinski definition) is 2. The van der Waals surface area contributed by atoms with Gasteiger partial charge in [0.1, 0.15) is 11.6 Å². The van der Waals surface area contributed by atoms with Crippen LogP contribution in [0, 0.1) is 24.7 Å². The van der Waals surface area contributed by atoms with Crippen molar-refractivity contribution >= 4 is 28.3 Å². The van der Waals surface area contributed by atoms with Gasteiger partial charge in [-0.1, -0.05) is 6.92 Å². The number of likely N-dealkylation sites (tertiary alicyclic amines) is 1. The molecule has 5 rings (SSSR count). The second-order valence-corrected chi connectivity index (χ2v) is 9.81. The summed E-state index contributed by atoms with van der Waals surface area (Å²) in [5, 5.41) is 4.68. The normalized spacial score (nSPS) is 23.5. The van der Waals surface area contributed by atoms with Gasteiger partial charge in [0.2, 0.25) is 5.91 Å². The summed E-state index contributed by atoms with van der Waals surface area (Å²) in [6.45, 7) is 8.39. The zero-order valence-corrected chi connectivity index (χ0v) is 20.2. The molecule has 1 saturated carbocycles. The lowest BCUT2D eigenvalue weighted by molar-refractivity contribution is -0.118. The summed E-state index contributed by atoms with van der Waals surface area (Å²) in [6.07, 6.45) is 6.60. The molecule has 3 N–H and O–H groups in total. The maximum absolute atomic E-state index is 13.0. The Morgan fingerprint density at radius 1 is 1.32 bits per heavy atom. The van der Waals surface area contributed by atoms with Crippen molar-refractivity contribution in [2.24, 2.45) is 17.8 Å². The lowest BCUT2D eigenvalue weighted by atomic mass is 10.0. The molecule has 3 aromatic heterocycles. The molecule has 8 heteroatoms. The second kappa shape index (κ2) is 8.92. The monoisotopic (exact) mass is 460 g/mol. The molecule has 1 aliphatic heterocycles. The standard InChI is InChI=1S/C26H32N6O2/c1-14-5-6-28-10-20(14)22-8-17-9-23(29-11-21(17)25(27)30-22)31-26(33)24-16(3)19(24)7-15(2)32-12-18(13-32)34-4/h5-6,8-11,15-16,18-19,24H,7,12-13H2,1-4H3,(H2,27,30)(H,29,31,33)/t15-,16+,19-,24-/m0/s1. The van der Waals surface area contributed by atoms with Gasteiger partial charge in [0.15, 0.2) is 0 Å². The first-order chi connectivity index (χ1) is 16.4.